The Balaban J connectivity index is 1.90. The van der Waals surface area contributed by atoms with Crippen LogP contribution in [0.4, 0.5) is 5.69 Å². The highest BCUT2D eigenvalue weighted by Crippen LogP contribution is 2.45. The molecule has 1 amide bonds. The van der Waals surface area contributed by atoms with Crippen molar-refractivity contribution in [1.29, 1.82) is 0 Å². The zero-order valence-electron chi connectivity index (χ0n) is 23.1. The molecular formula is C30H32ClNO8. The van der Waals surface area contributed by atoms with Gasteiger partial charge >= 0.3 is 5.97 Å². The highest BCUT2D eigenvalue weighted by molar-refractivity contribution is 6.30. The van der Waals surface area contributed by atoms with E-state index in [4.69, 9.17) is 40.0 Å². The Morgan fingerprint density at radius 1 is 0.925 bits per heavy atom. The quantitative estimate of drug-likeness (QED) is 0.302. The zero-order chi connectivity index (χ0) is 28.8. The van der Waals surface area contributed by atoms with Crippen molar-refractivity contribution in [1.82, 2.24) is 0 Å². The number of methoxy groups -OCH3 is 4. The Morgan fingerprint density at radius 3 is 2.38 bits per heavy atom. The van der Waals surface area contributed by atoms with Gasteiger partial charge in [0.1, 0.15) is 23.7 Å². The molecule has 1 heterocycles. The van der Waals surface area contributed by atoms with E-state index in [0.29, 0.717) is 44.8 Å². The van der Waals surface area contributed by atoms with Gasteiger partial charge in [-0.25, -0.2) is 0 Å². The van der Waals surface area contributed by atoms with E-state index in [2.05, 4.69) is 0 Å². The van der Waals surface area contributed by atoms with Gasteiger partial charge in [-0.2, -0.15) is 0 Å². The van der Waals surface area contributed by atoms with E-state index in [1.807, 2.05) is 12.1 Å². The maximum Gasteiger partial charge on any atom is 0.308 e. The average Bonchev–Trinajstić information content (AvgIpc) is 3.07. The minimum Gasteiger partial charge on any atom is -0.497 e. The smallest absolute Gasteiger partial charge is 0.308 e. The van der Waals surface area contributed by atoms with Crippen LogP contribution in [0.5, 0.6) is 23.0 Å². The van der Waals surface area contributed by atoms with E-state index in [0.717, 1.165) is 5.56 Å². The van der Waals surface area contributed by atoms with E-state index in [1.165, 1.54) is 14.2 Å². The second-order valence-corrected chi connectivity index (χ2v) is 9.34. The maximum absolute atomic E-state index is 14.2. The van der Waals surface area contributed by atoms with E-state index in [9.17, 15) is 9.59 Å². The number of hydrogen-bond acceptors (Lipinski definition) is 8. The van der Waals surface area contributed by atoms with Crippen molar-refractivity contribution in [2.45, 2.75) is 32.1 Å². The summed E-state index contributed by atoms with van der Waals surface area (Å²) in [6.07, 6.45) is -2.28. The van der Waals surface area contributed by atoms with Crippen LogP contribution in [0, 0.1) is 0 Å². The summed E-state index contributed by atoms with van der Waals surface area (Å²) in [5, 5.41) is 0.451. The van der Waals surface area contributed by atoms with Crippen LogP contribution in [0.3, 0.4) is 0 Å². The molecule has 3 aromatic rings. The third-order valence-corrected chi connectivity index (χ3v) is 6.84. The van der Waals surface area contributed by atoms with E-state index in [-0.39, 0.29) is 19.6 Å². The molecule has 212 valence electrons. The van der Waals surface area contributed by atoms with Gasteiger partial charge in [0.15, 0.2) is 11.5 Å². The number of benzene rings is 3. The minimum atomic E-state index is -1.17. The van der Waals surface area contributed by atoms with Crippen molar-refractivity contribution < 1.29 is 38.0 Å². The number of halogens is 1. The lowest BCUT2D eigenvalue weighted by Crippen LogP contribution is -2.40. The summed E-state index contributed by atoms with van der Waals surface area (Å²) in [7, 11) is 6.18. The van der Waals surface area contributed by atoms with Crippen molar-refractivity contribution in [2.24, 2.45) is 0 Å². The summed E-state index contributed by atoms with van der Waals surface area (Å²) >= 11 is 6.48. The standard InChI is InChI=1S/C30H32ClNO8/c1-6-39-27(33)16-26-30(34)32(17-18-10-12-20(35-2)15-25(18)37-4)23-13-11-19(31)14-22(23)28(40-26)21-8-7-9-24(36-3)29(21)38-5/h7-15,26,28H,6,16-17H2,1-5H3/t26-,28-/m0/s1. The van der Waals surface area contributed by atoms with E-state index < -0.39 is 24.1 Å². The monoisotopic (exact) mass is 569 g/mol. The molecule has 10 heteroatoms. The minimum absolute atomic E-state index is 0.130. The van der Waals surface area contributed by atoms with Crippen LogP contribution in [0.1, 0.15) is 36.1 Å². The van der Waals surface area contributed by atoms with Gasteiger partial charge in [-0.1, -0.05) is 23.7 Å². The number of ether oxygens (including phenoxy) is 6. The molecule has 0 bridgehead atoms. The number of anilines is 1. The molecule has 40 heavy (non-hydrogen) atoms. The lowest BCUT2D eigenvalue weighted by Gasteiger charge is -2.26. The molecule has 4 rings (SSSR count). The van der Waals surface area contributed by atoms with Crippen molar-refractivity contribution in [3.05, 3.63) is 76.3 Å². The summed E-state index contributed by atoms with van der Waals surface area (Å²) in [6.45, 7) is 2.01. The number of nitrogens with zero attached hydrogens (tertiary/aromatic N) is 1. The van der Waals surface area contributed by atoms with Crippen LogP contribution in [-0.2, 0) is 25.6 Å². The number of para-hydroxylation sites is 1. The Bertz CT molecular complexity index is 1380. The molecule has 0 aromatic heterocycles. The van der Waals surface area contributed by atoms with Gasteiger partial charge in [0.05, 0.1) is 53.7 Å². The summed E-state index contributed by atoms with van der Waals surface area (Å²) in [5.41, 5.74) is 2.51. The molecule has 1 aliphatic rings. The Labute approximate surface area is 238 Å². The van der Waals surface area contributed by atoms with E-state index >= 15 is 0 Å². The lowest BCUT2D eigenvalue weighted by atomic mass is 9.97. The van der Waals surface area contributed by atoms with Crippen LogP contribution in [0.2, 0.25) is 5.02 Å². The number of hydrogen-bond donors (Lipinski definition) is 0. The Morgan fingerprint density at radius 2 is 1.70 bits per heavy atom. The number of amides is 1. The number of fused-ring (bicyclic) bond motifs is 1. The van der Waals surface area contributed by atoms with Crippen LogP contribution in [-0.4, -0.2) is 53.0 Å². The topological polar surface area (TPSA) is 92.8 Å². The van der Waals surface area contributed by atoms with E-state index in [1.54, 1.807) is 68.5 Å². The summed E-state index contributed by atoms with van der Waals surface area (Å²) < 4.78 is 33.8. The zero-order valence-corrected chi connectivity index (χ0v) is 23.8. The van der Waals surface area contributed by atoms with Gasteiger partial charge in [0, 0.05) is 27.8 Å². The first-order chi connectivity index (χ1) is 19.3. The molecule has 0 fully saturated rings. The van der Waals surface area contributed by atoms with Crippen molar-refractivity contribution >= 4 is 29.2 Å². The highest BCUT2D eigenvalue weighted by Gasteiger charge is 2.39. The van der Waals surface area contributed by atoms with Crippen molar-refractivity contribution in [3.8, 4) is 23.0 Å². The molecule has 0 aliphatic carbocycles. The van der Waals surface area contributed by atoms with Gasteiger partial charge in [-0.15, -0.1) is 0 Å². The molecule has 2 atom stereocenters. The first-order valence-electron chi connectivity index (χ1n) is 12.7. The van der Waals surface area contributed by atoms with Gasteiger partial charge < -0.3 is 33.3 Å². The summed E-state index contributed by atoms with van der Waals surface area (Å²) in [4.78, 5) is 28.4. The van der Waals surface area contributed by atoms with Gasteiger partial charge in [0.2, 0.25) is 0 Å². The molecule has 0 saturated heterocycles. The SMILES string of the molecule is CCOC(=O)C[C@@H]1O[C@@H](c2cccc(OC)c2OC)c2cc(Cl)ccc2N(Cc2ccc(OC)cc2OC)C1=O. The largest absolute Gasteiger partial charge is 0.497 e. The summed E-state index contributed by atoms with van der Waals surface area (Å²) in [6, 6.07) is 16.0. The van der Waals surface area contributed by atoms with Crippen molar-refractivity contribution in [3.63, 3.8) is 0 Å². The third kappa shape index (κ3) is 5.95. The van der Waals surface area contributed by atoms with Crippen LogP contribution < -0.4 is 23.8 Å². The second-order valence-electron chi connectivity index (χ2n) is 8.90. The maximum atomic E-state index is 14.2. The molecule has 1 aliphatic heterocycles. The van der Waals surface area contributed by atoms with Gasteiger partial charge in [-0.05, 0) is 43.3 Å². The predicted octanol–water partition coefficient (Wildman–Crippen LogP) is 5.35. The second kappa shape index (κ2) is 12.9. The number of carbonyl (C=O) groups excluding carboxylic acids is 2. The molecule has 0 unspecified atom stereocenters. The first kappa shape index (κ1) is 29.0. The highest BCUT2D eigenvalue weighted by atomic mass is 35.5. The van der Waals surface area contributed by atoms with Crippen LogP contribution in [0.25, 0.3) is 0 Å². The third-order valence-electron chi connectivity index (χ3n) is 6.60. The fraction of sp³-hybridized carbons (Fsp3) is 0.333. The predicted molar refractivity (Wildman–Crippen MR) is 150 cm³/mol. The number of esters is 1. The van der Waals surface area contributed by atoms with Crippen LogP contribution in [0.15, 0.2) is 54.6 Å². The Hall–Kier alpha value is -3.95. The average molecular weight is 570 g/mol. The van der Waals surface area contributed by atoms with Gasteiger partial charge in [0.25, 0.3) is 5.91 Å². The normalized spacial score (nSPS) is 16.6. The molecule has 0 N–H and O–H groups in total. The molecule has 0 spiro atoms. The molecular weight excluding hydrogens is 538 g/mol. The fourth-order valence-corrected chi connectivity index (χ4v) is 4.93. The van der Waals surface area contributed by atoms with Crippen LogP contribution >= 0.6 is 11.6 Å². The molecule has 0 saturated carbocycles. The first-order valence-corrected chi connectivity index (χ1v) is 13.1. The lowest BCUT2D eigenvalue weighted by molar-refractivity contribution is -0.151. The molecule has 3 aromatic carbocycles. The number of rotatable bonds is 10. The number of carbonyl (C=O) groups is 2. The Kier molecular flexibility index (Phi) is 9.39. The summed E-state index contributed by atoms with van der Waals surface area (Å²) in [5.74, 6) is 1.12. The fourth-order valence-electron chi connectivity index (χ4n) is 4.75. The van der Waals surface area contributed by atoms with Gasteiger partial charge in [-0.3, -0.25) is 9.59 Å². The molecule has 0 radical (unpaired) electrons. The van der Waals surface area contributed by atoms with Crippen molar-refractivity contribution in [2.75, 3.05) is 39.9 Å². The molecule has 9 nitrogen and oxygen atoms in total.